The van der Waals surface area contributed by atoms with Gasteiger partial charge < -0.3 is 9.77 Å². The normalized spacial score (nSPS) is 11.7. The fraction of sp³-hybridized carbons (Fsp3) is 0.0625. The lowest BCUT2D eigenvalue weighted by molar-refractivity contribution is -0.605. The smallest absolute Gasteiger partial charge is 0.280 e. The lowest BCUT2D eigenvalue weighted by Gasteiger charge is -2.06. The average Bonchev–Trinajstić information content (AvgIpc) is 2.97. The second-order valence-corrected chi connectivity index (χ2v) is 6.63. The second kappa shape index (κ2) is 7.17. The summed E-state index contributed by atoms with van der Waals surface area (Å²) in [5.41, 5.74) is 1.23. The predicted octanol–water partition coefficient (Wildman–Crippen LogP) is 3.28. The van der Waals surface area contributed by atoms with Crippen LogP contribution in [0.2, 0.25) is 10.0 Å². The zero-order chi connectivity index (χ0) is 17.1. The van der Waals surface area contributed by atoms with Crippen molar-refractivity contribution in [1.29, 1.82) is 0 Å². The van der Waals surface area contributed by atoms with Gasteiger partial charge >= 0.3 is 0 Å². The van der Waals surface area contributed by atoms with Crippen molar-refractivity contribution in [3.8, 4) is 0 Å². The molecule has 3 rings (SSSR count). The van der Waals surface area contributed by atoms with E-state index in [1.165, 1.54) is 35.9 Å². The topological polar surface area (TPSA) is 61.3 Å². The molecule has 5 nitrogen and oxygen atoms in total. The SMILES string of the molecule is O=C(N=c1sccn1Cc1ccc(Cl)cc1Cl)c1cc[n+]([O-])cc1. The van der Waals surface area contributed by atoms with E-state index in [2.05, 4.69) is 4.99 Å². The highest BCUT2D eigenvalue weighted by molar-refractivity contribution is 7.07. The molecule has 3 aromatic rings. The number of amides is 1. The van der Waals surface area contributed by atoms with Crippen LogP contribution in [0.3, 0.4) is 0 Å². The maximum atomic E-state index is 12.2. The van der Waals surface area contributed by atoms with Crippen LogP contribution in [0.25, 0.3) is 0 Å². The van der Waals surface area contributed by atoms with E-state index >= 15 is 0 Å². The van der Waals surface area contributed by atoms with Gasteiger partial charge in [0, 0.05) is 33.8 Å². The number of benzene rings is 1. The average molecular weight is 380 g/mol. The lowest BCUT2D eigenvalue weighted by atomic mass is 10.2. The predicted molar refractivity (Wildman–Crippen MR) is 93.2 cm³/mol. The molecule has 0 atom stereocenters. The molecular weight excluding hydrogens is 369 g/mol. The summed E-state index contributed by atoms with van der Waals surface area (Å²) in [6.45, 7) is 0.473. The van der Waals surface area contributed by atoms with Crippen LogP contribution in [0, 0.1) is 5.21 Å². The van der Waals surface area contributed by atoms with Gasteiger partial charge in [-0.2, -0.15) is 9.72 Å². The van der Waals surface area contributed by atoms with Crippen molar-refractivity contribution in [1.82, 2.24) is 4.57 Å². The van der Waals surface area contributed by atoms with Crippen LogP contribution in [-0.2, 0) is 6.54 Å². The Balaban J connectivity index is 1.89. The highest BCUT2D eigenvalue weighted by Crippen LogP contribution is 2.21. The number of hydrogen-bond acceptors (Lipinski definition) is 3. The van der Waals surface area contributed by atoms with Crippen LogP contribution in [0.4, 0.5) is 0 Å². The Morgan fingerprint density at radius 2 is 2.00 bits per heavy atom. The maximum absolute atomic E-state index is 12.2. The largest absolute Gasteiger partial charge is 0.619 e. The molecule has 8 heteroatoms. The van der Waals surface area contributed by atoms with Gasteiger partial charge in [0.05, 0.1) is 12.1 Å². The monoisotopic (exact) mass is 379 g/mol. The Kier molecular flexibility index (Phi) is 4.99. The van der Waals surface area contributed by atoms with Crippen molar-refractivity contribution in [3.63, 3.8) is 0 Å². The Morgan fingerprint density at radius 1 is 1.25 bits per heavy atom. The molecule has 0 spiro atoms. The van der Waals surface area contributed by atoms with E-state index in [0.717, 1.165) is 5.56 Å². The molecule has 0 saturated carbocycles. The number of rotatable bonds is 3. The number of pyridine rings is 1. The highest BCUT2D eigenvalue weighted by Gasteiger charge is 2.08. The summed E-state index contributed by atoms with van der Waals surface area (Å²) in [6, 6.07) is 8.15. The van der Waals surface area contributed by atoms with E-state index < -0.39 is 5.91 Å². The van der Waals surface area contributed by atoms with Gasteiger partial charge in [-0.05, 0) is 17.7 Å². The third-order valence-corrected chi connectivity index (χ3v) is 4.64. The van der Waals surface area contributed by atoms with Gasteiger partial charge in [0.15, 0.2) is 17.2 Å². The summed E-state index contributed by atoms with van der Waals surface area (Å²) < 4.78 is 2.44. The molecule has 0 saturated heterocycles. The molecule has 0 unspecified atom stereocenters. The van der Waals surface area contributed by atoms with E-state index in [1.807, 2.05) is 22.2 Å². The van der Waals surface area contributed by atoms with Crippen molar-refractivity contribution < 1.29 is 9.52 Å². The minimum absolute atomic E-state index is 0.353. The fourth-order valence-corrected chi connectivity index (χ4v) is 3.24. The molecule has 0 aliphatic rings. The molecular formula is C16H11Cl2N3O2S. The summed E-state index contributed by atoms with van der Waals surface area (Å²) in [5, 5.41) is 14.0. The molecule has 0 aliphatic heterocycles. The number of hydrogen-bond donors (Lipinski definition) is 0. The quantitative estimate of drug-likeness (QED) is 0.517. The Labute approximate surface area is 151 Å². The summed E-state index contributed by atoms with van der Waals surface area (Å²) in [6.07, 6.45) is 4.36. The van der Waals surface area contributed by atoms with Gasteiger partial charge in [-0.15, -0.1) is 11.3 Å². The first kappa shape index (κ1) is 16.7. The van der Waals surface area contributed by atoms with Gasteiger partial charge in [0.25, 0.3) is 5.91 Å². The van der Waals surface area contributed by atoms with Crippen LogP contribution in [0.5, 0.6) is 0 Å². The molecule has 1 aromatic carbocycles. The molecule has 0 fully saturated rings. The van der Waals surface area contributed by atoms with Crippen LogP contribution >= 0.6 is 34.5 Å². The van der Waals surface area contributed by atoms with Gasteiger partial charge in [0.2, 0.25) is 0 Å². The summed E-state index contributed by atoms with van der Waals surface area (Å²) in [7, 11) is 0. The fourth-order valence-electron chi connectivity index (χ4n) is 2.05. The number of carbonyl (C=O) groups excluding carboxylic acids is 1. The molecule has 0 aliphatic carbocycles. The van der Waals surface area contributed by atoms with E-state index in [0.29, 0.717) is 31.7 Å². The van der Waals surface area contributed by atoms with Crippen LogP contribution < -0.4 is 9.53 Å². The zero-order valence-corrected chi connectivity index (χ0v) is 14.6. The van der Waals surface area contributed by atoms with E-state index in [4.69, 9.17) is 23.2 Å². The zero-order valence-electron chi connectivity index (χ0n) is 12.2. The first-order chi connectivity index (χ1) is 11.5. The number of thiazole rings is 1. The lowest BCUT2D eigenvalue weighted by Crippen LogP contribution is -2.24. The van der Waals surface area contributed by atoms with E-state index in [9.17, 15) is 10.0 Å². The van der Waals surface area contributed by atoms with Crippen LogP contribution in [0.15, 0.2) is 59.3 Å². The summed E-state index contributed by atoms with van der Waals surface area (Å²) in [4.78, 5) is 16.9. The molecule has 0 N–H and O–H groups in total. The van der Waals surface area contributed by atoms with E-state index in [-0.39, 0.29) is 0 Å². The second-order valence-electron chi connectivity index (χ2n) is 4.91. The van der Waals surface area contributed by atoms with Crippen molar-refractivity contribution in [2.24, 2.45) is 4.99 Å². The Morgan fingerprint density at radius 3 is 2.71 bits per heavy atom. The number of nitrogens with zero attached hydrogens (tertiary/aromatic N) is 3. The number of carbonyl (C=O) groups is 1. The molecule has 122 valence electrons. The minimum Gasteiger partial charge on any atom is -0.619 e. The van der Waals surface area contributed by atoms with Crippen molar-refractivity contribution in [3.05, 3.63) is 85.5 Å². The molecule has 0 radical (unpaired) electrons. The standard InChI is InChI=1S/C16H11Cl2N3O2S/c17-13-2-1-12(14(18)9-13)10-20-7-8-24-16(20)19-15(22)11-3-5-21(23)6-4-11/h1-9H,10H2. The van der Waals surface area contributed by atoms with Crippen LogP contribution in [-0.4, -0.2) is 10.5 Å². The summed E-state index contributed by atoms with van der Waals surface area (Å²) in [5.74, 6) is -0.408. The summed E-state index contributed by atoms with van der Waals surface area (Å²) >= 11 is 13.4. The molecule has 2 heterocycles. The Hall–Kier alpha value is -2.15. The minimum atomic E-state index is -0.408. The third-order valence-electron chi connectivity index (χ3n) is 3.26. The molecule has 2 aromatic heterocycles. The van der Waals surface area contributed by atoms with Crippen molar-refractivity contribution >= 4 is 40.4 Å². The van der Waals surface area contributed by atoms with Gasteiger partial charge in [-0.1, -0.05) is 29.3 Å². The highest BCUT2D eigenvalue weighted by atomic mass is 35.5. The first-order valence-electron chi connectivity index (χ1n) is 6.89. The van der Waals surface area contributed by atoms with Crippen LogP contribution in [0.1, 0.15) is 15.9 Å². The van der Waals surface area contributed by atoms with Gasteiger partial charge in [0.1, 0.15) is 0 Å². The first-order valence-corrected chi connectivity index (χ1v) is 8.52. The number of aromatic nitrogens is 2. The molecule has 1 amide bonds. The molecule has 24 heavy (non-hydrogen) atoms. The van der Waals surface area contributed by atoms with E-state index in [1.54, 1.807) is 12.1 Å². The maximum Gasteiger partial charge on any atom is 0.280 e. The van der Waals surface area contributed by atoms with Crippen molar-refractivity contribution in [2.75, 3.05) is 0 Å². The Bertz CT molecular complexity index is 948. The molecule has 0 bridgehead atoms. The third kappa shape index (κ3) is 3.84. The number of halogens is 2. The van der Waals surface area contributed by atoms with Gasteiger partial charge in [-0.25, -0.2) is 0 Å². The van der Waals surface area contributed by atoms with Crippen molar-refractivity contribution in [2.45, 2.75) is 6.54 Å². The van der Waals surface area contributed by atoms with Gasteiger partial charge in [-0.3, -0.25) is 4.79 Å².